The van der Waals surface area contributed by atoms with E-state index in [-0.39, 0.29) is 7.33 Å². The van der Waals surface area contributed by atoms with E-state index in [1.165, 1.54) is 4.90 Å². The summed E-state index contributed by atoms with van der Waals surface area (Å²) in [4.78, 5) is 11.8. The Morgan fingerprint density at radius 2 is 2.60 bits per heavy atom. The van der Waals surface area contributed by atoms with Crippen molar-refractivity contribution < 1.29 is 11.1 Å². The van der Waals surface area contributed by atoms with Gasteiger partial charge < -0.3 is 10.2 Å². The zero-order chi connectivity index (χ0) is 7.56. The molecule has 3 heteroatoms. The van der Waals surface area contributed by atoms with Crippen molar-refractivity contribution in [3.8, 4) is 0 Å². The topological polar surface area (TPSA) is 33.5 Å². The lowest BCUT2D eigenvalue weighted by atomic mass is 10.3. The third-order valence-electron chi connectivity index (χ3n) is 1.79. The van der Waals surface area contributed by atoms with E-state index in [9.17, 15) is 4.79 Å². The number of nitrogens with one attached hydrogen (secondary N) is 2. The summed E-state index contributed by atoms with van der Waals surface area (Å²) in [6.45, 7) is 3.60. The number of hydrogen-bond donors (Lipinski definition) is 2. The number of hydrogen-bond acceptors (Lipinski definition) is 1. The molecular weight excluding hydrogens is 128 g/mol. The van der Waals surface area contributed by atoms with Gasteiger partial charge in [-0.3, -0.25) is 4.79 Å². The molecule has 0 aromatic carbocycles. The van der Waals surface area contributed by atoms with Crippen LogP contribution in [0.1, 0.15) is 14.8 Å². The number of likely N-dealkylation sites (tertiary alicyclic amines) is 1. The van der Waals surface area contributed by atoms with Crippen LogP contribution < -0.4 is 10.2 Å². The summed E-state index contributed by atoms with van der Waals surface area (Å²) < 4.78 is 0. The molecule has 0 aromatic rings. The largest absolute Gasteiger partial charge is 0.466 e. The third kappa shape index (κ3) is 1.99. The van der Waals surface area contributed by atoms with Crippen LogP contribution in [0.5, 0.6) is 0 Å². The zero-order valence-corrected chi connectivity index (χ0v) is 6.31. The van der Waals surface area contributed by atoms with Crippen LogP contribution in [0.4, 0.5) is 0 Å². The van der Waals surface area contributed by atoms with E-state index in [1.54, 1.807) is 6.92 Å². The molecule has 10 heavy (non-hydrogen) atoms. The molecule has 0 bridgehead atoms. The predicted octanol–water partition coefficient (Wildman–Crippen LogP) is -1.18. The number of carbonyl (C=O) groups is 1. The number of amides is 1. The van der Waals surface area contributed by atoms with Crippen molar-refractivity contribution in [1.82, 2.24) is 5.32 Å². The van der Waals surface area contributed by atoms with Crippen LogP contribution >= 0.6 is 0 Å². The molecule has 0 aromatic heterocycles. The summed E-state index contributed by atoms with van der Waals surface area (Å²) in [6, 6.07) is 0.366. The molecule has 0 radical (unpaired) electrons. The Kier molecular flexibility index (Phi) is 2.27. The monoisotopic (exact) mass is 144 g/mol. The van der Waals surface area contributed by atoms with Gasteiger partial charge >= 0.3 is 0 Å². The van der Waals surface area contributed by atoms with E-state index >= 15 is 0 Å². The molecule has 1 aliphatic heterocycles. The van der Waals surface area contributed by atoms with Gasteiger partial charge in [-0.05, 0) is 0 Å². The first-order valence-electron chi connectivity index (χ1n) is 3.62. The SMILES string of the molecule is [CH2-][NH+]1CC[C@@H](NC(C)=O)C1.[HH]. The maximum absolute atomic E-state index is 10.6. The molecule has 1 unspecified atom stereocenters. The Balaban J connectivity index is 0.000001000. The highest BCUT2D eigenvalue weighted by Gasteiger charge is 2.19. The third-order valence-corrected chi connectivity index (χ3v) is 1.79. The first-order chi connectivity index (χ1) is 4.68. The predicted molar refractivity (Wildman–Crippen MR) is 40.4 cm³/mol. The average molecular weight is 144 g/mol. The minimum absolute atomic E-state index is 0. The Labute approximate surface area is 62.9 Å². The van der Waals surface area contributed by atoms with Gasteiger partial charge in [-0.15, -0.1) is 0 Å². The van der Waals surface area contributed by atoms with Gasteiger partial charge in [0.2, 0.25) is 5.91 Å². The molecular formula is C7H16N2O. The van der Waals surface area contributed by atoms with Crippen LogP contribution in [0.15, 0.2) is 0 Å². The molecule has 1 heterocycles. The summed E-state index contributed by atoms with van der Waals surface area (Å²) in [5, 5.41) is 2.87. The standard InChI is InChI=1S/C7H14N2O.H2/c1-6(10)8-7-3-4-9(2)5-7;/h7,9H,2-5H2,1H3,(H,8,10);1H/t7-;/m1./s1. The molecule has 1 rings (SSSR count). The van der Waals surface area contributed by atoms with Gasteiger partial charge in [0.25, 0.3) is 0 Å². The van der Waals surface area contributed by atoms with Gasteiger partial charge in [0.15, 0.2) is 0 Å². The van der Waals surface area contributed by atoms with E-state index in [0.717, 1.165) is 19.5 Å². The fraction of sp³-hybridized carbons (Fsp3) is 0.714. The van der Waals surface area contributed by atoms with Gasteiger partial charge in [0, 0.05) is 14.8 Å². The summed E-state index contributed by atoms with van der Waals surface area (Å²) in [6.07, 6.45) is 1.07. The van der Waals surface area contributed by atoms with Crippen molar-refractivity contribution >= 4 is 5.91 Å². The van der Waals surface area contributed by atoms with Crippen molar-refractivity contribution in [1.29, 1.82) is 0 Å². The molecule has 60 valence electrons. The van der Waals surface area contributed by atoms with Crippen LogP contribution in [-0.4, -0.2) is 25.0 Å². The lowest BCUT2D eigenvalue weighted by Gasteiger charge is -2.12. The Bertz CT molecular complexity index is 140. The van der Waals surface area contributed by atoms with Gasteiger partial charge in [-0.2, -0.15) is 7.05 Å². The van der Waals surface area contributed by atoms with Gasteiger partial charge in [-0.1, -0.05) is 0 Å². The minimum atomic E-state index is 0. The smallest absolute Gasteiger partial charge is 0.217 e. The highest BCUT2D eigenvalue weighted by atomic mass is 16.1. The second-order valence-corrected chi connectivity index (χ2v) is 2.89. The minimum Gasteiger partial charge on any atom is -0.466 e. The fourth-order valence-corrected chi connectivity index (χ4v) is 1.34. The Morgan fingerprint density at radius 3 is 3.00 bits per heavy atom. The van der Waals surface area contributed by atoms with Crippen LogP contribution in [0.2, 0.25) is 0 Å². The van der Waals surface area contributed by atoms with Crippen LogP contribution in [0, 0.1) is 7.05 Å². The van der Waals surface area contributed by atoms with E-state index in [4.69, 9.17) is 0 Å². The van der Waals surface area contributed by atoms with Crippen molar-refractivity contribution in [2.24, 2.45) is 0 Å². The number of carbonyl (C=O) groups excluding carboxylic acids is 1. The van der Waals surface area contributed by atoms with Crippen LogP contribution in [0.3, 0.4) is 0 Å². The first kappa shape index (κ1) is 7.54. The molecule has 0 spiro atoms. The summed E-state index contributed by atoms with van der Waals surface area (Å²) in [7, 11) is 3.86. The summed E-state index contributed by atoms with van der Waals surface area (Å²) >= 11 is 0. The highest BCUT2D eigenvalue weighted by Crippen LogP contribution is 1.91. The van der Waals surface area contributed by atoms with Gasteiger partial charge in [-0.25, -0.2) is 0 Å². The highest BCUT2D eigenvalue weighted by molar-refractivity contribution is 5.73. The second kappa shape index (κ2) is 3.01. The van der Waals surface area contributed by atoms with Crippen molar-refractivity contribution in [2.45, 2.75) is 19.4 Å². The van der Waals surface area contributed by atoms with Crippen LogP contribution in [0.25, 0.3) is 0 Å². The molecule has 1 fully saturated rings. The lowest BCUT2D eigenvalue weighted by molar-refractivity contribution is -0.840. The zero-order valence-electron chi connectivity index (χ0n) is 6.31. The molecule has 1 aliphatic rings. The Morgan fingerprint density at radius 1 is 1.90 bits per heavy atom. The fourth-order valence-electron chi connectivity index (χ4n) is 1.34. The Hall–Kier alpha value is -0.570. The molecule has 0 aliphatic carbocycles. The lowest BCUT2D eigenvalue weighted by Crippen LogP contribution is -3.05. The van der Waals surface area contributed by atoms with Gasteiger partial charge in [0.05, 0.1) is 19.1 Å². The second-order valence-electron chi connectivity index (χ2n) is 2.89. The van der Waals surface area contributed by atoms with Crippen molar-refractivity contribution in [3.63, 3.8) is 0 Å². The van der Waals surface area contributed by atoms with E-state index in [2.05, 4.69) is 12.4 Å². The first-order valence-corrected chi connectivity index (χ1v) is 3.62. The molecule has 1 saturated heterocycles. The maximum atomic E-state index is 10.6. The normalized spacial score (nSPS) is 32.2. The van der Waals surface area contributed by atoms with Crippen molar-refractivity contribution in [2.75, 3.05) is 13.1 Å². The molecule has 2 N–H and O–H groups in total. The summed E-state index contributed by atoms with van der Waals surface area (Å²) in [5.41, 5.74) is 0. The van der Waals surface area contributed by atoms with Crippen LogP contribution in [-0.2, 0) is 4.79 Å². The van der Waals surface area contributed by atoms with Crippen molar-refractivity contribution in [3.05, 3.63) is 7.05 Å². The molecule has 3 nitrogen and oxygen atoms in total. The van der Waals surface area contributed by atoms with E-state index in [0.29, 0.717) is 6.04 Å². The number of quaternary nitrogens is 1. The van der Waals surface area contributed by atoms with E-state index < -0.39 is 0 Å². The number of rotatable bonds is 1. The molecule has 1 amide bonds. The van der Waals surface area contributed by atoms with E-state index in [1.807, 2.05) is 0 Å². The molecule has 0 saturated carbocycles. The maximum Gasteiger partial charge on any atom is 0.217 e. The summed E-state index contributed by atoms with van der Waals surface area (Å²) in [5.74, 6) is 0.0692. The van der Waals surface area contributed by atoms with Gasteiger partial charge in [0.1, 0.15) is 0 Å². The quantitative estimate of drug-likeness (QED) is 0.446. The molecule has 2 atom stereocenters. The average Bonchev–Trinajstić information content (AvgIpc) is 2.13.